The minimum Gasteiger partial charge on any atom is -0.494 e. The van der Waals surface area contributed by atoms with Gasteiger partial charge in [-0.25, -0.2) is 13.6 Å². The lowest BCUT2D eigenvalue weighted by Gasteiger charge is -2.49. The van der Waals surface area contributed by atoms with Gasteiger partial charge in [0.25, 0.3) is 0 Å². The summed E-state index contributed by atoms with van der Waals surface area (Å²) in [6.45, 7) is 6.42. The van der Waals surface area contributed by atoms with E-state index in [1.807, 2.05) is 49.0 Å². The number of methoxy groups -OCH3 is 1. The lowest BCUT2D eigenvalue weighted by molar-refractivity contribution is -0.138. The van der Waals surface area contributed by atoms with Crippen molar-refractivity contribution in [3.05, 3.63) is 106 Å². The summed E-state index contributed by atoms with van der Waals surface area (Å²) in [6, 6.07) is 20.3. The molecule has 5 fully saturated rings. The van der Waals surface area contributed by atoms with E-state index >= 15 is 8.78 Å². The first kappa shape index (κ1) is 51.0. The molecule has 2 atom stereocenters. The highest BCUT2D eigenvalue weighted by Gasteiger charge is 2.51. The van der Waals surface area contributed by atoms with E-state index in [4.69, 9.17) is 31.9 Å². The van der Waals surface area contributed by atoms with E-state index in [9.17, 15) is 19.2 Å². The third kappa shape index (κ3) is 9.32. The summed E-state index contributed by atoms with van der Waals surface area (Å²) >= 11 is 6.72. The van der Waals surface area contributed by atoms with Crippen LogP contribution in [0, 0.1) is 23.0 Å². The topological polar surface area (TPSA) is 164 Å². The first-order valence-electron chi connectivity index (χ1n) is 26.9. The molecule has 75 heavy (non-hydrogen) atoms. The number of aryl methyl sites for hydroxylation is 1. The lowest BCUT2D eigenvalue weighted by atomic mass is 9.64. The Morgan fingerprint density at radius 1 is 0.893 bits per heavy atom. The van der Waals surface area contributed by atoms with Crippen LogP contribution in [-0.4, -0.2) is 102 Å². The number of hydrogen-bond acceptors (Lipinski definition) is 9. The standard InChI is InChI=1S/C58H67ClF2N8O6/c1-34-48-46(32-43(60)51(59)50(48)49-42(53(62)71)15-16-45(74-3)52(49)61)75-58(34,38-7-5-4-6-8-38)33-63-39-12-9-36(10-13-39)55(72)68-26-19-40(20-27-68)67-29-24-57(25-30-67)22-17-35(18-23-57)37-11-14-41-44(31-37)66(2)65-54(41)69-28-21-47(70)64-56(69)73/h4-8,11,14-16,31-32,34-36,39-40,63H,9-10,12-13,17-30,33H2,1-3H3,(H2,62,71)(H,64,70,73). The average molecular weight is 1050 g/mol. The predicted octanol–water partition coefficient (Wildman–Crippen LogP) is 9.70. The number of nitrogens with two attached hydrogens (primary N) is 1. The third-order valence-corrected chi connectivity index (χ3v) is 18.7. The van der Waals surface area contributed by atoms with Crippen molar-refractivity contribution < 1.29 is 37.4 Å². The molecule has 11 rings (SSSR count). The van der Waals surface area contributed by atoms with Gasteiger partial charge in [0.05, 0.1) is 23.2 Å². The molecule has 6 aliphatic rings. The molecule has 0 radical (unpaired) electrons. The second kappa shape index (κ2) is 20.5. The number of imide groups is 1. The van der Waals surface area contributed by atoms with E-state index in [-0.39, 0.29) is 63.4 Å². The molecule has 5 heterocycles. The Morgan fingerprint density at radius 2 is 1.61 bits per heavy atom. The van der Waals surface area contributed by atoms with Crippen molar-refractivity contribution in [1.29, 1.82) is 0 Å². The number of fused-ring (bicyclic) bond motifs is 2. The number of nitrogens with one attached hydrogen (secondary N) is 2. The van der Waals surface area contributed by atoms with Gasteiger partial charge in [0, 0.05) is 91.7 Å². The highest BCUT2D eigenvalue weighted by atomic mass is 35.5. The van der Waals surface area contributed by atoms with Crippen LogP contribution in [0.15, 0.2) is 66.7 Å². The maximum absolute atomic E-state index is 16.3. The fourth-order valence-electron chi connectivity index (χ4n) is 13.8. The van der Waals surface area contributed by atoms with Crippen LogP contribution in [0.5, 0.6) is 11.5 Å². The summed E-state index contributed by atoms with van der Waals surface area (Å²) in [5.74, 6) is -1.96. The maximum Gasteiger partial charge on any atom is 0.329 e. The van der Waals surface area contributed by atoms with E-state index < -0.39 is 35.1 Å². The highest BCUT2D eigenvalue weighted by Crippen LogP contribution is 2.57. The Morgan fingerprint density at radius 3 is 2.29 bits per heavy atom. The van der Waals surface area contributed by atoms with Gasteiger partial charge in [0.1, 0.15) is 11.6 Å². The van der Waals surface area contributed by atoms with Crippen molar-refractivity contribution in [1.82, 2.24) is 30.2 Å². The average Bonchev–Trinajstić information content (AvgIpc) is 3.92. The summed E-state index contributed by atoms with van der Waals surface area (Å²) < 4.78 is 46.0. The molecule has 396 valence electrons. The van der Waals surface area contributed by atoms with Crippen molar-refractivity contribution in [3.8, 4) is 22.6 Å². The number of carbonyl (C=O) groups is 4. The normalized spacial score (nSPS) is 24.6. The van der Waals surface area contributed by atoms with E-state index in [1.54, 1.807) is 4.90 Å². The molecule has 2 saturated carbocycles. The number of rotatable bonds is 11. The number of likely N-dealkylation sites (tertiary alicyclic amines) is 2. The number of urea groups is 1. The number of anilines is 1. The molecule has 1 aromatic heterocycles. The fraction of sp³-hybridized carbons (Fsp3) is 0.500. The summed E-state index contributed by atoms with van der Waals surface area (Å²) in [5, 5.41) is 11.5. The molecule has 4 N–H and O–H groups in total. The quantitative estimate of drug-likeness (QED) is 0.117. The smallest absolute Gasteiger partial charge is 0.329 e. The van der Waals surface area contributed by atoms with Crippen molar-refractivity contribution in [2.75, 3.05) is 51.3 Å². The van der Waals surface area contributed by atoms with Crippen molar-refractivity contribution >= 4 is 52.1 Å². The lowest BCUT2D eigenvalue weighted by Crippen LogP contribution is -2.52. The van der Waals surface area contributed by atoms with Gasteiger partial charge in [-0.15, -0.1) is 0 Å². The van der Waals surface area contributed by atoms with Crippen molar-refractivity contribution in [3.63, 3.8) is 0 Å². The number of halogens is 3. The minimum absolute atomic E-state index is 0.00599. The van der Waals surface area contributed by atoms with E-state index in [0.29, 0.717) is 41.8 Å². The molecule has 5 amide bonds. The SMILES string of the molecule is COc1ccc(C(N)=O)c(-c2c(Cl)c(F)cc3c2C(C)C(CNC2CCC(C(=O)N4CCC(N5CCC6(CCC(c7ccc8c(N9CCC(=O)NC9=O)nn(C)c8c7)CC6)CC5)CC4)CC2)(c2ccccc2)O3)c1F. The van der Waals surface area contributed by atoms with Crippen molar-refractivity contribution in [2.24, 2.45) is 24.1 Å². The molecule has 0 bridgehead atoms. The summed E-state index contributed by atoms with van der Waals surface area (Å²) in [4.78, 5) is 57.6. The van der Waals surface area contributed by atoms with Crippen LogP contribution >= 0.6 is 11.6 Å². The number of benzene rings is 4. The Labute approximate surface area is 441 Å². The van der Waals surface area contributed by atoms with Gasteiger partial charge < -0.3 is 30.3 Å². The Kier molecular flexibility index (Phi) is 13.9. The molecule has 2 aliphatic carbocycles. The number of primary amides is 1. The number of amides is 5. The van der Waals surface area contributed by atoms with E-state index in [1.165, 1.54) is 56.6 Å². The van der Waals surface area contributed by atoms with E-state index in [2.05, 4.69) is 38.6 Å². The molecule has 3 saturated heterocycles. The first-order valence-corrected chi connectivity index (χ1v) is 27.3. The van der Waals surface area contributed by atoms with Gasteiger partial charge >= 0.3 is 6.03 Å². The molecule has 1 spiro atoms. The van der Waals surface area contributed by atoms with Gasteiger partial charge in [0.2, 0.25) is 17.7 Å². The Bertz CT molecular complexity index is 3030. The maximum atomic E-state index is 16.3. The van der Waals surface area contributed by atoms with Crippen LogP contribution < -0.4 is 30.7 Å². The zero-order chi connectivity index (χ0) is 52.3. The molecule has 17 heteroatoms. The van der Waals surface area contributed by atoms with Crippen molar-refractivity contribution in [2.45, 2.75) is 120 Å². The van der Waals surface area contributed by atoms with Gasteiger partial charge in [-0.3, -0.25) is 29.3 Å². The molecule has 2 unspecified atom stereocenters. The fourth-order valence-corrected chi connectivity index (χ4v) is 14.1. The Hall–Kier alpha value is -6.10. The first-order chi connectivity index (χ1) is 36.2. The minimum atomic E-state index is -1.06. The predicted molar refractivity (Wildman–Crippen MR) is 283 cm³/mol. The monoisotopic (exact) mass is 1040 g/mol. The number of hydrogen-bond donors (Lipinski definition) is 3. The zero-order valence-electron chi connectivity index (χ0n) is 43.1. The van der Waals surface area contributed by atoms with E-state index in [0.717, 1.165) is 94.0 Å². The van der Waals surface area contributed by atoms with Crippen LogP contribution in [0.4, 0.5) is 19.4 Å². The van der Waals surface area contributed by atoms with Gasteiger partial charge in [-0.05, 0) is 137 Å². The van der Waals surface area contributed by atoms with Crippen LogP contribution in [0.25, 0.3) is 22.0 Å². The zero-order valence-corrected chi connectivity index (χ0v) is 43.8. The molecule has 4 aromatic carbocycles. The second-order valence-corrected chi connectivity index (χ2v) is 22.6. The Balaban J connectivity index is 0.669. The molecule has 5 aromatic rings. The molecule has 14 nitrogen and oxygen atoms in total. The van der Waals surface area contributed by atoms with Crippen LogP contribution in [0.1, 0.15) is 129 Å². The molecular weight excluding hydrogens is 978 g/mol. The highest BCUT2D eigenvalue weighted by molar-refractivity contribution is 6.34. The van der Waals surface area contributed by atoms with Gasteiger partial charge in [-0.2, -0.15) is 5.10 Å². The number of piperidine rings is 2. The number of carbonyl (C=O) groups excluding carboxylic acids is 4. The van der Waals surface area contributed by atoms with Crippen LogP contribution in [0.3, 0.4) is 0 Å². The van der Waals surface area contributed by atoms with Gasteiger partial charge in [0.15, 0.2) is 23.0 Å². The number of aromatic nitrogens is 2. The summed E-state index contributed by atoms with van der Waals surface area (Å²) in [7, 11) is 3.22. The summed E-state index contributed by atoms with van der Waals surface area (Å²) in [5.41, 5.74) is 8.33. The summed E-state index contributed by atoms with van der Waals surface area (Å²) in [6.07, 6.45) is 12.7. The largest absolute Gasteiger partial charge is 0.494 e. The molecular formula is C58H67ClF2N8O6. The number of nitrogens with zero attached hydrogens (tertiary/aromatic N) is 5. The van der Waals surface area contributed by atoms with Crippen LogP contribution in [0.2, 0.25) is 5.02 Å². The third-order valence-electron chi connectivity index (χ3n) is 18.3. The van der Waals surface area contributed by atoms with Crippen LogP contribution in [-0.2, 0) is 22.2 Å². The van der Waals surface area contributed by atoms with Gasteiger partial charge in [-0.1, -0.05) is 54.9 Å². The molecule has 4 aliphatic heterocycles. The second-order valence-electron chi connectivity index (χ2n) is 22.2. The number of ether oxygens (including phenoxy) is 2.